The van der Waals surface area contributed by atoms with Crippen LogP contribution in [0.25, 0.3) is 0 Å². The lowest BCUT2D eigenvalue weighted by Crippen LogP contribution is -2.42. The van der Waals surface area contributed by atoms with Crippen LogP contribution < -0.4 is 5.73 Å². The predicted molar refractivity (Wildman–Crippen MR) is 51.3 cm³/mol. The molecule has 0 aromatic heterocycles. The van der Waals surface area contributed by atoms with Gasteiger partial charge < -0.3 is 10.5 Å². The Morgan fingerprint density at radius 1 is 1.31 bits per heavy atom. The summed E-state index contributed by atoms with van der Waals surface area (Å²) < 4.78 is 5.86. The molecule has 0 spiro atoms. The highest BCUT2D eigenvalue weighted by molar-refractivity contribution is 5.21. The summed E-state index contributed by atoms with van der Waals surface area (Å²) in [6.07, 6.45) is 5.99. The first-order chi connectivity index (χ1) is 6.03. The van der Waals surface area contributed by atoms with E-state index >= 15 is 0 Å². The van der Waals surface area contributed by atoms with Gasteiger partial charge in [-0.1, -0.05) is 13.8 Å². The van der Waals surface area contributed by atoms with E-state index in [1.807, 2.05) is 0 Å². The summed E-state index contributed by atoms with van der Waals surface area (Å²) in [4.78, 5) is 0. The summed E-state index contributed by atoms with van der Waals surface area (Å²) >= 11 is 0. The van der Waals surface area contributed by atoms with Gasteiger partial charge >= 0.3 is 0 Å². The number of fused-ring (bicyclic) bond motifs is 2. The lowest BCUT2D eigenvalue weighted by molar-refractivity contribution is 0.0837. The van der Waals surface area contributed by atoms with Crippen molar-refractivity contribution >= 4 is 0 Å². The Labute approximate surface area is 79.8 Å². The normalized spacial score (nSPS) is 57.0. The van der Waals surface area contributed by atoms with E-state index in [1.54, 1.807) is 0 Å². The number of hydrogen-bond acceptors (Lipinski definition) is 2. The molecule has 0 aromatic carbocycles. The van der Waals surface area contributed by atoms with Gasteiger partial charge in [-0.05, 0) is 31.1 Å². The molecule has 74 valence electrons. The zero-order chi connectivity index (χ0) is 9.27. The summed E-state index contributed by atoms with van der Waals surface area (Å²) in [7, 11) is 0. The fraction of sp³-hybridized carbons (Fsp3) is 1.00. The molecule has 2 nitrogen and oxygen atoms in total. The maximum Gasteiger partial charge on any atom is 0.0626 e. The molecule has 2 saturated heterocycles. The highest BCUT2D eigenvalue weighted by Gasteiger charge is 2.66. The maximum atomic E-state index is 6.44. The first-order valence-corrected chi connectivity index (χ1v) is 5.47. The monoisotopic (exact) mass is 181 g/mol. The Bertz CT molecular complexity index is 250. The molecule has 4 atom stereocenters. The highest BCUT2D eigenvalue weighted by atomic mass is 16.5. The van der Waals surface area contributed by atoms with Gasteiger partial charge in [-0.25, -0.2) is 0 Å². The molecule has 3 rings (SSSR count). The lowest BCUT2D eigenvalue weighted by Gasteiger charge is -2.28. The van der Waals surface area contributed by atoms with Crippen molar-refractivity contribution in [2.24, 2.45) is 17.1 Å². The summed E-state index contributed by atoms with van der Waals surface area (Å²) in [6, 6.07) is 0. The molecule has 13 heavy (non-hydrogen) atoms. The van der Waals surface area contributed by atoms with E-state index in [1.165, 1.54) is 25.7 Å². The Hall–Kier alpha value is -0.0800. The first kappa shape index (κ1) is 8.25. The molecule has 1 saturated carbocycles. The predicted octanol–water partition coefficient (Wildman–Crippen LogP) is 1.68. The fourth-order valence-electron chi connectivity index (χ4n) is 3.50. The topological polar surface area (TPSA) is 35.2 Å². The standard InChI is InChI=1S/C11H19NO/c1-10(2)6-11(10,12)8-5-7-3-4-9(8)13-7/h7-9H,3-6,12H2,1-2H3. The molecule has 4 unspecified atom stereocenters. The van der Waals surface area contributed by atoms with Gasteiger partial charge in [0.2, 0.25) is 0 Å². The number of hydrogen-bond donors (Lipinski definition) is 1. The molecule has 2 N–H and O–H groups in total. The van der Waals surface area contributed by atoms with Crippen molar-refractivity contribution in [3.05, 3.63) is 0 Å². The van der Waals surface area contributed by atoms with Crippen LogP contribution in [0.2, 0.25) is 0 Å². The SMILES string of the molecule is CC1(C)CC1(N)C1CC2CCC1O2. The third-order valence-electron chi connectivity index (χ3n) is 4.64. The summed E-state index contributed by atoms with van der Waals surface area (Å²) in [5.74, 6) is 0.654. The van der Waals surface area contributed by atoms with E-state index in [9.17, 15) is 0 Å². The molecule has 3 fully saturated rings. The van der Waals surface area contributed by atoms with Gasteiger partial charge in [0, 0.05) is 11.5 Å². The molecule has 3 aliphatic rings. The highest BCUT2D eigenvalue weighted by Crippen LogP contribution is 2.62. The third kappa shape index (κ3) is 0.909. The Kier molecular flexibility index (Phi) is 1.34. The van der Waals surface area contributed by atoms with Crippen LogP contribution in [-0.2, 0) is 4.74 Å². The van der Waals surface area contributed by atoms with Gasteiger partial charge in [-0.2, -0.15) is 0 Å². The molecule has 2 aliphatic heterocycles. The zero-order valence-electron chi connectivity index (χ0n) is 8.55. The van der Waals surface area contributed by atoms with Gasteiger partial charge in [0.25, 0.3) is 0 Å². The first-order valence-electron chi connectivity index (χ1n) is 5.47. The molecule has 2 heteroatoms. The Morgan fingerprint density at radius 2 is 2.00 bits per heavy atom. The summed E-state index contributed by atoms with van der Waals surface area (Å²) in [6.45, 7) is 4.58. The molecule has 0 radical (unpaired) electrons. The molecule has 2 bridgehead atoms. The van der Waals surface area contributed by atoms with E-state index in [4.69, 9.17) is 10.5 Å². The van der Waals surface area contributed by atoms with E-state index in [2.05, 4.69) is 13.8 Å². The van der Waals surface area contributed by atoms with E-state index in [0.29, 0.717) is 23.5 Å². The molecule has 0 amide bonds. The quantitative estimate of drug-likeness (QED) is 0.668. The zero-order valence-corrected chi connectivity index (χ0v) is 8.55. The molecular formula is C11H19NO. The van der Waals surface area contributed by atoms with Gasteiger partial charge in [-0.3, -0.25) is 0 Å². The van der Waals surface area contributed by atoms with E-state index < -0.39 is 0 Å². The van der Waals surface area contributed by atoms with E-state index in [-0.39, 0.29) is 5.54 Å². The van der Waals surface area contributed by atoms with Crippen LogP contribution in [0, 0.1) is 11.3 Å². The lowest BCUT2D eigenvalue weighted by atomic mass is 9.79. The van der Waals surface area contributed by atoms with Crippen molar-refractivity contribution in [2.75, 3.05) is 0 Å². The van der Waals surface area contributed by atoms with Crippen molar-refractivity contribution in [3.63, 3.8) is 0 Å². The Morgan fingerprint density at radius 3 is 2.38 bits per heavy atom. The third-order valence-corrected chi connectivity index (χ3v) is 4.64. The number of rotatable bonds is 1. The summed E-state index contributed by atoms with van der Waals surface area (Å²) in [5.41, 5.74) is 6.91. The van der Waals surface area contributed by atoms with Gasteiger partial charge in [-0.15, -0.1) is 0 Å². The van der Waals surface area contributed by atoms with Crippen LogP contribution in [0.4, 0.5) is 0 Å². The van der Waals surface area contributed by atoms with Crippen LogP contribution in [0.5, 0.6) is 0 Å². The second-order valence-corrected chi connectivity index (χ2v) is 5.82. The average Bonchev–Trinajstić information content (AvgIpc) is 2.51. The average molecular weight is 181 g/mol. The van der Waals surface area contributed by atoms with Crippen LogP contribution in [0.3, 0.4) is 0 Å². The summed E-state index contributed by atoms with van der Waals surface area (Å²) in [5, 5.41) is 0. The van der Waals surface area contributed by atoms with Crippen LogP contribution in [0.15, 0.2) is 0 Å². The van der Waals surface area contributed by atoms with Crippen LogP contribution >= 0.6 is 0 Å². The van der Waals surface area contributed by atoms with Crippen molar-refractivity contribution in [2.45, 2.75) is 57.3 Å². The molecular weight excluding hydrogens is 162 g/mol. The second kappa shape index (κ2) is 2.12. The van der Waals surface area contributed by atoms with Crippen molar-refractivity contribution in [3.8, 4) is 0 Å². The minimum absolute atomic E-state index is 0.104. The second-order valence-electron chi connectivity index (χ2n) is 5.82. The maximum absolute atomic E-state index is 6.44. The van der Waals surface area contributed by atoms with Crippen molar-refractivity contribution in [1.29, 1.82) is 0 Å². The largest absolute Gasteiger partial charge is 0.375 e. The molecule has 2 heterocycles. The number of nitrogens with two attached hydrogens (primary N) is 1. The minimum Gasteiger partial charge on any atom is -0.375 e. The fourth-order valence-corrected chi connectivity index (χ4v) is 3.50. The van der Waals surface area contributed by atoms with Crippen molar-refractivity contribution in [1.82, 2.24) is 0 Å². The van der Waals surface area contributed by atoms with Crippen LogP contribution in [0.1, 0.15) is 39.5 Å². The van der Waals surface area contributed by atoms with Crippen molar-refractivity contribution < 1.29 is 4.74 Å². The molecule has 1 aliphatic carbocycles. The van der Waals surface area contributed by atoms with Crippen LogP contribution in [-0.4, -0.2) is 17.7 Å². The number of ether oxygens (including phenoxy) is 1. The van der Waals surface area contributed by atoms with Gasteiger partial charge in [0.05, 0.1) is 12.2 Å². The van der Waals surface area contributed by atoms with E-state index in [0.717, 1.165) is 0 Å². The van der Waals surface area contributed by atoms with Gasteiger partial charge in [0.15, 0.2) is 0 Å². The minimum atomic E-state index is 0.104. The molecule has 0 aromatic rings. The van der Waals surface area contributed by atoms with Gasteiger partial charge in [0.1, 0.15) is 0 Å². The smallest absolute Gasteiger partial charge is 0.0626 e. The Balaban J connectivity index is 1.81.